The summed E-state index contributed by atoms with van der Waals surface area (Å²) in [5.74, 6) is 0. The first-order chi connectivity index (χ1) is 8.79. The van der Waals surface area contributed by atoms with Crippen molar-refractivity contribution < 1.29 is 4.74 Å². The van der Waals surface area contributed by atoms with Crippen molar-refractivity contribution in [2.75, 3.05) is 27.2 Å². The standard InChI is InChI=1S/C14H19N3O/c1-16-9-7-11(8-10-16)17-13-6-4-3-5-12(13)15-14(17)18-2/h3-6,11H,7-10H2,1-2H3. The number of benzene rings is 1. The lowest BCUT2D eigenvalue weighted by molar-refractivity contribution is 0.212. The molecule has 0 radical (unpaired) electrons. The monoisotopic (exact) mass is 245 g/mol. The van der Waals surface area contributed by atoms with E-state index in [1.54, 1.807) is 7.11 Å². The van der Waals surface area contributed by atoms with E-state index in [0.29, 0.717) is 6.04 Å². The fraction of sp³-hybridized carbons (Fsp3) is 0.500. The van der Waals surface area contributed by atoms with Gasteiger partial charge in [0, 0.05) is 6.04 Å². The summed E-state index contributed by atoms with van der Waals surface area (Å²) in [4.78, 5) is 6.93. The van der Waals surface area contributed by atoms with Crippen molar-refractivity contribution in [2.24, 2.45) is 0 Å². The van der Waals surface area contributed by atoms with Gasteiger partial charge in [-0.15, -0.1) is 0 Å². The Balaban J connectivity index is 2.04. The van der Waals surface area contributed by atoms with Gasteiger partial charge in [0.2, 0.25) is 0 Å². The maximum absolute atomic E-state index is 5.45. The molecule has 3 rings (SSSR count). The number of ether oxygens (including phenoxy) is 1. The van der Waals surface area contributed by atoms with Crippen LogP contribution < -0.4 is 4.74 Å². The van der Waals surface area contributed by atoms with Crippen molar-refractivity contribution in [3.05, 3.63) is 24.3 Å². The maximum Gasteiger partial charge on any atom is 0.297 e. The second-order valence-electron chi connectivity index (χ2n) is 4.99. The molecule has 1 aliphatic heterocycles. The molecule has 2 heterocycles. The number of hydrogen-bond donors (Lipinski definition) is 0. The second kappa shape index (κ2) is 4.61. The number of imidazole rings is 1. The summed E-state index contributed by atoms with van der Waals surface area (Å²) in [5.41, 5.74) is 2.21. The molecule has 1 saturated heterocycles. The van der Waals surface area contributed by atoms with Crippen molar-refractivity contribution in [3.63, 3.8) is 0 Å². The largest absolute Gasteiger partial charge is 0.468 e. The molecule has 0 unspecified atom stereocenters. The molecule has 0 amide bonds. The summed E-state index contributed by atoms with van der Waals surface area (Å²) in [5, 5.41) is 0. The van der Waals surface area contributed by atoms with E-state index in [1.165, 1.54) is 5.52 Å². The van der Waals surface area contributed by atoms with E-state index in [2.05, 4.69) is 33.6 Å². The van der Waals surface area contributed by atoms with E-state index in [9.17, 15) is 0 Å². The fourth-order valence-corrected chi connectivity index (χ4v) is 2.77. The minimum Gasteiger partial charge on any atom is -0.468 e. The lowest BCUT2D eigenvalue weighted by Gasteiger charge is -2.30. The van der Waals surface area contributed by atoms with Crippen LogP contribution in [0.4, 0.5) is 0 Å². The summed E-state index contributed by atoms with van der Waals surface area (Å²) in [7, 11) is 3.88. The van der Waals surface area contributed by atoms with Crippen LogP contribution >= 0.6 is 0 Å². The van der Waals surface area contributed by atoms with Crippen LogP contribution in [0.1, 0.15) is 18.9 Å². The molecule has 2 aromatic rings. The Hall–Kier alpha value is -1.55. The minimum absolute atomic E-state index is 0.503. The Kier molecular flexibility index (Phi) is 2.96. The molecule has 0 saturated carbocycles. The van der Waals surface area contributed by atoms with Gasteiger partial charge >= 0.3 is 0 Å². The predicted molar refractivity (Wildman–Crippen MR) is 72.1 cm³/mol. The molecule has 0 spiro atoms. The molecule has 4 heteroatoms. The van der Waals surface area contributed by atoms with Crippen molar-refractivity contribution >= 4 is 11.0 Å². The number of piperidine rings is 1. The molecule has 0 aliphatic carbocycles. The van der Waals surface area contributed by atoms with Gasteiger partial charge in [-0.1, -0.05) is 12.1 Å². The third kappa shape index (κ3) is 1.86. The highest BCUT2D eigenvalue weighted by Crippen LogP contribution is 2.31. The highest BCUT2D eigenvalue weighted by Gasteiger charge is 2.23. The third-order valence-corrected chi connectivity index (χ3v) is 3.80. The van der Waals surface area contributed by atoms with Crippen LogP contribution in [0.5, 0.6) is 6.01 Å². The van der Waals surface area contributed by atoms with E-state index in [4.69, 9.17) is 4.74 Å². The van der Waals surface area contributed by atoms with E-state index in [-0.39, 0.29) is 0 Å². The number of para-hydroxylation sites is 2. The van der Waals surface area contributed by atoms with Gasteiger partial charge in [-0.3, -0.25) is 4.57 Å². The van der Waals surface area contributed by atoms with Crippen LogP contribution in [-0.2, 0) is 0 Å². The highest BCUT2D eigenvalue weighted by molar-refractivity contribution is 5.76. The third-order valence-electron chi connectivity index (χ3n) is 3.80. The van der Waals surface area contributed by atoms with Crippen molar-refractivity contribution in [2.45, 2.75) is 18.9 Å². The van der Waals surface area contributed by atoms with Crippen LogP contribution in [0, 0.1) is 0 Å². The van der Waals surface area contributed by atoms with E-state index in [0.717, 1.165) is 37.5 Å². The Morgan fingerprint density at radius 1 is 1.22 bits per heavy atom. The summed E-state index contributed by atoms with van der Waals surface area (Å²) in [6.45, 7) is 2.28. The van der Waals surface area contributed by atoms with Gasteiger partial charge in [-0.05, 0) is 45.1 Å². The number of fused-ring (bicyclic) bond motifs is 1. The number of likely N-dealkylation sites (tertiary alicyclic amines) is 1. The molecule has 0 atom stereocenters. The lowest BCUT2D eigenvalue weighted by Crippen LogP contribution is -2.31. The van der Waals surface area contributed by atoms with E-state index >= 15 is 0 Å². The zero-order valence-electron chi connectivity index (χ0n) is 11.0. The zero-order valence-corrected chi connectivity index (χ0v) is 11.0. The predicted octanol–water partition coefficient (Wildman–Crippen LogP) is 2.31. The molecule has 0 bridgehead atoms. The van der Waals surface area contributed by atoms with Gasteiger partial charge in [0.05, 0.1) is 18.1 Å². The van der Waals surface area contributed by atoms with Crippen LogP contribution in [-0.4, -0.2) is 41.7 Å². The van der Waals surface area contributed by atoms with Gasteiger partial charge in [0.25, 0.3) is 6.01 Å². The number of aromatic nitrogens is 2. The Bertz CT molecular complexity index is 541. The summed E-state index contributed by atoms with van der Waals surface area (Å²) in [6, 6.07) is 9.50. The first-order valence-corrected chi connectivity index (χ1v) is 6.49. The van der Waals surface area contributed by atoms with Crippen LogP contribution in [0.2, 0.25) is 0 Å². The summed E-state index contributed by atoms with van der Waals surface area (Å²) in [6.07, 6.45) is 2.32. The molecule has 18 heavy (non-hydrogen) atoms. The van der Waals surface area contributed by atoms with Gasteiger partial charge < -0.3 is 9.64 Å². The first kappa shape index (κ1) is 11.5. The SMILES string of the molecule is COc1nc2ccccc2n1C1CCN(C)CC1. The average Bonchev–Trinajstić information content (AvgIpc) is 2.78. The number of methoxy groups -OCH3 is 1. The van der Waals surface area contributed by atoms with E-state index < -0.39 is 0 Å². The fourth-order valence-electron chi connectivity index (χ4n) is 2.77. The number of hydrogen-bond acceptors (Lipinski definition) is 3. The molecule has 96 valence electrons. The smallest absolute Gasteiger partial charge is 0.297 e. The summed E-state index contributed by atoms with van der Waals surface area (Å²) >= 11 is 0. The molecule has 4 nitrogen and oxygen atoms in total. The Morgan fingerprint density at radius 2 is 1.94 bits per heavy atom. The van der Waals surface area contributed by atoms with Crippen molar-refractivity contribution in [1.82, 2.24) is 14.5 Å². The zero-order chi connectivity index (χ0) is 12.5. The van der Waals surface area contributed by atoms with Gasteiger partial charge in [-0.2, -0.15) is 4.98 Å². The molecule has 1 fully saturated rings. The summed E-state index contributed by atoms with van der Waals surface area (Å²) < 4.78 is 7.71. The molecular formula is C14H19N3O. The van der Waals surface area contributed by atoms with E-state index in [1.807, 2.05) is 12.1 Å². The molecule has 1 aromatic heterocycles. The highest BCUT2D eigenvalue weighted by atomic mass is 16.5. The number of rotatable bonds is 2. The van der Waals surface area contributed by atoms with Crippen molar-refractivity contribution in [3.8, 4) is 6.01 Å². The Morgan fingerprint density at radius 3 is 2.67 bits per heavy atom. The Labute approximate surface area is 107 Å². The van der Waals surface area contributed by atoms with Crippen molar-refractivity contribution in [1.29, 1.82) is 0 Å². The molecule has 1 aliphatic rings. The first-order valence-electron chi connectivity index (χ1n) is 6.49. The molecular weight excluding hydrogens is 226 g/mol. The average molecular weight is 245 g/mol. The lowest BCUT2D eigenvalue weighted by atomic mass is 10.1. The maximum atomic E-state index is 5.45. The topological polar surface area (TPSA) is 30.3 Å². The van der Waals surface area contributed by atoms with Crippen LogP contribution in [0.15, 0.2) is 24.3 Å². The molecule has 0 N–H and O–H groups in total. The second-order valence-corrected chi connectivity index (χ2v) is 4.99. The van der Waals surface area contributed by atoms with Gasteiger partial charge in [0.15, 0.2) is 0 Å². The number of nitrogens with zero attached hydrogens (tertiary/aromatic N) is 3. The normalized spacial score (nSPS) is 18.3. The van der Waals surface area contributed by atoms with Gasteiger partial charge in [-0.25, -0.2) is 0 Å². The van der Waals surface area contributed by atoms with Crippen LogP contribution in [0.3, 0.4) is 0 Å². The van der Waals surface area contributed by atoms with Crippen LogP contribution in [0.25, 0.3) is 11.0 Å². The molecule has 1 aromatic carbocycles. The quantitative estimate of drug-likeness (QED) is 0.813. The van der Waals surface area contributed by atoms with Gasteiger partial charge in [0.1, 0.15) is 0 Å². The minimum atomic E-state index is 0.503.